The van der Waals surface area contributed by atoms with Gasteiger partial charge in [0.1, 0.15) is 0 Å². The lowest BCUT2D eigenvalue weighted by Gasteiger charge is -2.41. The van der Waals surface area contributed by atoms with Gasteiger partial charge in [-0.25, -0.2) is 0 Å². The number of piperidine rings is 1. The molecule has 1 aromatic rings. The maximum Gasteiger partial charge on any atom is 0.237 e. The second-order valence-corrected chi connectivity index (χ2v) is 13.3. The molecule has 43 heavy (non-hydrogen) atoms. The number of amides is 3. The van der Waals surface area contributed by atoms with Crippen LogP contribution in [0.15, 0.2) is 30.3 Å². The Morgan fingerprint density at radius 3 is 2.33 bits per heavy atom. The number of carbonyl (C=O) groups excluding carboxylic acids is 3. The molecule has 238 valence electrons. The monoisotopic (exact) mass is 597 g/mol. The fourth-order valence-corrected chi connectivity index (χ4v) is 7.78. The standard InChI is InChI=1S/C33H51N5O5/c39-28-11-14-34-31(41)16-24-12-15-37(27-8-4-5-9-27)21-25(24)10-13-35-33(43)30-17-26(36-32(42)19-29(40)18-28)22-38(30)20-23-6-2-1-3-7-23/h1-3,6-7,24-30,39-40H,4-5,8-22H2,(H,34,41)(H,35,43)(H,36,42)/t24-,25-,26-,28+,29+,30-/m0/s1. The number of aliphatic hydroxyl groups excluding tert-OH is 2. The highest BCUT2D eigenvalue weighted by molar-refractivity contribution is 5.82. The molecule has 4 fully saturated rings. The number of rotatable bonds is 3. The number of fused-ring (bicyclic) bond motifs is 3. The van der Waals surface area contributed by atoms with Gasteiger partial charge in [-0.2, -0.15) is 0 Å². The van der Waals surface area contributed by atoms with E-state index in [1.807, 2.05) is 30.3 Å². The first-order chi connectivity index (χ1) is 20.8. The molecule has 1 aliphatic carbocycles. The molecule has 4 aliphatic rings. The molecule has 1 saturated carbocycles. The normalized spacial score (nSPS) is 33.3. The molecule has 0 aromatic heterocycles. The molecule has 6 atom stereocenters. The number of carbonyl (C=O) groups is 3. The van der Waals surface area contributed by atoms with Crippen LogP contribution in [0.4, 0.5) is 0 Å². The van der Waals surface area contributed by atoms with Crippen molar-refractivity contribution >= 4 is 17.7 Å². The zero-order valence-electron chi connectivity index (χ0n) is 25.5. The predicted molar refractivity (Wildman–Crippen MR) is 164 cm³/mol. The van der Waals surface area contributed by atoms with Gasteiger partial charge >= 0.3 is 0 Å². The van der Waals surface area contributed by atoms with Gasteiger partial charge in [0.2, 0.25) is 17.7 Å². The van der Waals surface area contributed by atoms with E-state index in [4.69, 9.17) is 0 Å². The molecule has 3 amide bonds. The van der Waals surface area contributed by atoms with E-state index in [9.17, 15) is 24.6 Å². The van der Waals surface area contributed by atoms with E-state index in [1.165, 1.54) is 25.7 Å². The van der Waals surface area contributed by atoms with Gasteiger partial charge in [-0.05, 0) is 68.9 Å². The van der Waals surface area contributed by atoms with Crippen LogP contribution in [0, 0.1) is 11.8 Å². The Bertz CT molecular complexity index is 1070. The summed E-state index contributed by atoms with van der Waals surface area (Å²) < 4.78 is 0. The van der Waals surface area contributed by atoms with Gasteiger partial charge in [-0.3, -0.25) is 19.3 Å². The highest BCUT2D eigenvalue weighted by Crippen LogP contribution is 2.34. The third-order valence-electron chi connectivity index (χ3n) is 10.1. The predicted octanol–water partition coefficient (Wildman–Crippen LogP) is 1.54. The summed E-state index contributed by atoms with van der Waals surface area (Å²) in [6.45, 7) is 4.04. The molecule has 5 rings (SSSR count). The van der Waals surface area contributed by atoms with Crippen LogP contribution in [-0.4, -0.2) is 101 Å². The first-order valence-electron chi connectivity index (χ1n) is 16.6. The molecular formula is C33H51N5O5. The Kier molecular flexibility index (Phi) is 11.5. The van der Waals surface area contributed by atoms with Gasteiger partial charge in [0.25, 0.3) is 0 Å². The van der Waals surface area contributed by atoms with Crippen molar-refractivity contribution in [2.45, 2.75) is 108 Å². The van der Waals surface area contributed by atoms with Crippen molar-refractivity contribution in [2.24, 2.45) is 11.8 Å². The van der Waals surface area contributed by atoms with Crippen LogP contribution in [-0.2, 0) is 20.9 Å². The summed E-state index contributed by atoms with van der Waals surface area (Å²) in [6.07, 6.45) is 6.34. The first-order valence-corrected chi connectivity index (χ1v) is 16.6. The number of likely N-dealkylation sites (tertiary alicyclic amines) is 2. The lowest BCUT2D eigenvalue weighted by atomic mass is 9.80. The number of benzene rings is 1. The number of hydrogen-bond acceptors (Lipinski definition) is 7. The number of aliphatic hydroxyl groups is 2. The minimum Gasteiger partial charge on any atom is -0.393 e. The van der Waals surface area contributed by atoms with Gasteiger partial charge in [0.15, 0.2) is 0 Å². The molecule has 3 aliphatic heterocycles. The van der Waals surface area contributed by atoms with Crippen LogP contribution in [0.5, 0.6) is 0 Å². The third kappa shape index (κ3) is 9.23. The molecule has 0 unspecified atom stereocenters. The fraction of sp³-hybridized carbons (Fsp3) is 0.727. The molecule has 0 radical (unpaired) electrons. The molecule has 5 N–H and O–H groups in total. The van der Waals surface area contributed by atoms with Crippen molar-refractivity contribution in [3.05, 3.63) is 35.9 Å². The zero-order chi connectivity index (χ0) is 30.2. The van der Waals surface area contributed by atoms with Gasteiger partial charge in [-0.15, -0.1) is 0 Å². The molecule has 2 bridgehead atoms. The molecule has 0 spiro atoms. The van der Waals surface area contributed by atoms with Crippen LogP contribution in [0.1, 0.15) is 76.2 Å². The fourth-order valence-electron chi connectivity index (χ4n) is 7.78. The third-order valence-corrected chi connectivity index (χ3v) is 10.1. The molecule has 3 heterocycles. The Labute approximate surface area is 256 Å². The van der Waals surface area contributed by atoms with Crippen LogP contribution in [0.3, 0.4) is 0 Å². The van der Waals surface area contributed by atoms with Crippen LogP contribution < -0.4 is 16.0 Å². The molecule has 1 aromatic carbocycles. The number of hydrogen-bond donors (Lipinski definition) is 5. The maximum absolute atomic E-state index is 13.6. The summed E-state index contributed by atoms with van der Waals surface area (Å²) >= 11 is 0. The summed E-state index contributed by atoms with van der Waals surface area (Å²) in [5.74, 6) is 0.255. The van der Waals surface area contributed by atoms with Crippen molar-refractivity contribution in [1.29, 1.82) is 0 Å². The van der Waals surface area contributed by atoms with Crippen LogP contribution in [0.2, 0.25) is 0 Å². The van der Waals surface area contributed by atoms with Gasteiger partial charge < -0.3 is 31.1 Å². The van der Waals surface area contributed by atoms with Crippen molar-refractivity contribution in [3.8, 4) is 0 Å². The average molecular weight is 598 g/mol. The number of nitrogens with one attached hydrogen (secondary N) is 3. The largest absolute Gasteiger partial charge is 0.393 e. The Morgan fingerprint density at radius 2 is 1.53 bits per heavy atom. The average Bonchev–Trinajstić information content (AvgIpc) is 3.64. The summed E-state index contributed by atoms with van der Waals surface area (Å²) in [7, 11) is 0. The molecular weight excluding hydrogens is 546 g/mol. The topological polar surface area (TPSA) is 134 Å². The van der Waals surface area contributed by atoms with Crippen molar-refractivity contribution in [2.75, 3.05) is 32.7 Å². The van der Waals surface area contributed by atoms with Crippen molar-refractivity contribution < 1.29 is 24.6 Å². The zero-order valence-corrected chi connectivity index (χ0v) is 25.5. The molecule has 3 saturated heterocycles. The van der Waals surface area contributed by atoms with Crippen molar-refractivity contribution in [3.63, 3.8) is 0 Å². The van der Waals surface area contributed by atoms with E-state index < -0.39 is 12.2 Å². The summed E-state index contributed by atoms with van der Waals surface area (Å²) in [5.41, 5.74) is 1.11. The van der Waals surface area contributed by atoms with Crippen LogP contribution in [0.25, 0.3) is 0 Å². The lowest BCUT2D eigenvalue weighted by Crippen LogP contribution is -2.48. The lowest BCUT2D eigenvalue weighted by molar-refractivity contribution is -0.126. The van der Waals surface area contributed by atoms with Crippen LogP contribution >= 0.6 is 0 Å². The second kappa shape index (κ2) is 15.5. The second-order valence-electron chi connectivity index (χ2n) is 13.3. The van der Waals surface area contributed by atoms with E-state index in [1.54, 1.807) is 0 Å². The summed E-state index contributed by atoms with van der Waals surface area (Å²) in [6, 6.07) is 10.1. The van der Waals surface area contributed by atoms with E-state index in [-0.39, 0.29) is 48.6 Å². The van der Waals surface area contributed by atoms with E-state index in [0.29, 0.717) is 57.4 Å². The summed E-state index contributed by atoms with van der Waals surface area (Å²) in [4.78, 5) is 44.0. The Balaban J connectivity index is 1.28. The number of nitrogens with zero attached hydrogens (tertiary/aromatic N) is 2. The maximum atomic E-state index is 13.6. The molecule has 10 heteroatoms. The Hall–Kier alpha value is -2.53. The summed E-state index contributed by atoms with van der Waals surface area (Å²) in [5, 5.41) is 30.1. The quantitative estimate of drug-likeness (QED) is 0.357. The highest BCUT2D eigenvalue weighted by atomic mass is 16.3. The minimum absolute atomic E-state index is 0.0107. The van der Waals surface area contributed by atoms with Crippen molar-refractivity contribution in [1.82, 2.24) is 25.8 Å². The highest BCUT2D eigenvalue weighted by Gasteiger charge is 2.38. The van der Waals surface area contributed by atoms with Gasteiger partial charge in [-0.1, -0.05) is 43.2 Å². The van der Waals surface area contributed by atoms with E-state index in [2.05, 4.69) is 25.8 Å². The first kappa shape index (κ1) is 31.9. The van der Waals surface area contributed by atoms with E-state index >= 15 is 0 Å². The van der Waals surface area contributed by atoms with Gasteiger partial charge in [0, 0.05) is 51.2 Å². The van der Waals surface area contributed by atoms with E-state index in [0.717, 1.165) is 31.5 Å². The smallest absolute Gasteiger partial charge is 0.237 e. The molecule has 10 nitrogen and oxygen atoms in total. The van der Waals surface area contributed by atoms with Gasteiger partial charge in [0.05, 0.1) is 24.7 Å². The minimum atomic E-state index is -0.983. The SMILES string of the molecule is O=C1C[C@@H]2CCN(C3CCCC3)C[C@@H]2CCNC(=O)[C@@H]2C[C@@H](CN2Cc2ccccc2)NC(=O)C[C@H](O)C[C@H](O)CCN1. The Morgan fingerprint density at radius 1 is 0.767 bits per heavy atom.